The molecule has 0 amide bonds. The van der Waals surface area contributed by atoms with Gasteiger partial charge in [0, 0.05) is 17.8 Å². The minimum absolute atomic E-state index is 0.155. The summed E-state index contributed by atoms with van der Waals surface area (Å²) < 4.78 is 5.57. The molecule has 0 fully saturated rings. The van der Waals surface area contributed by atoms with Crippen molar-refractivity contribution < 1.29 is 14.9 Å². The molecule has 3 N–H and O–H groups in total. The van der Waals surface area contributed by atoms with Crippen LogP contribution >= 0.6 is 0 Å². The Morgan fingerprint density at radius 3 is 2.58 bits per heavy atom. The predicted molar refractivity (Wildman–Crippen MR) is 74.6 cm³/mol. The zero-order valence-electron chi connectivity index (χ0n) is 11.3. The molecule has 0 bridgehead atoms. The van der Waals surface area contributed by atoms with Crippen LogP contribution in [0.3, 0.4) is 0 Å². The van der Waals surface area contributed by atoms with E-state index in [0.717, 1.165) is 11.3 Å². The molecule has 5 heteroatoms. The first kappa shape index (κ1) is 13.8. The summed E-state index contributed by atoms with van der Waals surface area (Å²) in [7, 11) is 0. The highest BCUT2D eigenvalue weighted by Gasteiger charge is 2.26. The number of benzene rings is 1. The molecule has 1 atom stereocenters. The van der Waals surface area contributed by atoms with Crippen LogP contribution in [0.1, 0.15) is 19.4 Å². The van der Waals surface area contributed by atoms with E-state index in [2.05, 4.69) is 10.3 Å². The Bertz CT molecular complexity index is 454. The number of aliphatic imine (C=N–C) groups is 1. The van der Waals surface area contributed by atoms with Crippen molar-refractivity contribution in [2.45, 2.75) is 25.5 Å². The maximum atomic E-state index is 9.25. The number of aliphatic hydroxyl groups is 2. The van der Waals surface area contributed by atoms with Crippen LogP contribution in [0, 0.1) is 0 Å². The van der Waals surface area contributed by atoms with Crippen molar-refractivity contribution in [3.63, 3.8) is 0 Å². The van der Waals surface area contributed by atoms with Gasteiger partial charge in [-0.25, -0.2) is 4.99 Å². The number of hydrogen-bond acceptors (Lipinski definition) is 5. The fourth-order valence-corrected chi connectivity index (χ4v) is 1.76. The quantitative estimate of drug-likeness (QED) is 0.742. The highest BCUT2D eigenvalue weighted by molar-refractivity contribution is 5.95. The molecule has 1 aromatic carbocycles. The Morgan fingerprint density at radius 1 is 1.37 bits per heavy atom. The minimum Gasteiger partial charge on any atom is -0.475 e. The summed E-state index contributed by atoms with van der Waals surface area (Å²) in [6.07, 6.45) is -0.747. The van der Waals surface area contributed by atoms with Crippen molar-refractivity contribution in [2.24, 2.45) is 4.99 Å². The van der Waals surface area contributed by atoms with Gasteiger partial charge in [0.1, 0.15) is 6.61 Å². The molecular weight excluding hydrogens is 244 g/mol. The lowest BCUT2D eigenvalue weighted by atomic mass is 10.1. The molecule has 1 aliphatic heterocycles. The van der Waals surface area contributed by atoms with Crippen LogP contribution in [0.2, 0.25) is 0 Å². The summed E-state index contributed by atoms with van der Waals surface area (Å²) in [5, 5.41) is 21.0. The summed E-state index contributed by atoms with van der Waals surface area (Å²) in [5.41, 5.74) is 1.67. The lowest BCUT2D eigenvalue weighted by molar-refractivity contribution is 0.105. The summed E-state index contributed by atoms with van der Waals surface area (Å²) in [4.78, 5) is 4.51. The maximum absolute atomic E-state index is 9.25. The van der Waals surface area contributed by atoms with Crippen LogP contribution in [-0.4, -0.2) is 47.5 Å². The van der Waals surface area contributed by atoms with Gasteiger partial charge in [-0.15, -0.1) is 0 Å². The molecule has 1 heterocycles. The summed E-state index contributed by atoms with van der Waals surface area (Å²) in [5.74, 6) is 0.673. The molecule has 0 saturated heterocycles. The fourth-order valence-electron chi connectivity index (χ4n) is 1.76. The number of nitrogens with one attached hydrogen (secondary N) is 1. The van der Waals surface area contributed by atoms with Gasteiger partial charge in [0.15, 0.2) is 0 Å². The average Bonchev–Trinajstić information content (AvgIpc) is 2.77. The predicted octanol–water partition coefficient (Wildman–Crippen LogP) is 1.01. The topological polar surface area (TPSA) is 74.1 Å². The molecule has 0 spiro atoms. The van der Waals surface area contributed by atoms with Gasteiger partial charge in [0.25, 0.3) is 0 Å². The Balaban J connectivity index is 1.99. The van der Waals surface area contributed by atoms with Crippen molar-refractivity contribution in [3.05, 3.63) is 29.8 Å². The number of anilines is 1. The fraction of sp³-hybridized carbons (Fsp3) is 0.500. The molecule has 0 aromatic heterocycles. The average molecular weight is 264 g/mol. The van der Waals surface area contributed by atoms with E-state index in [9.17, 15) is 5.11 Å². The Hall–Kier alpha value is -1.59. The smallest absolute Gasteiger partial charge is 0.216 e. The highest BCUT2D eigenvalue weighted by Crippen LogP contribution is 2.21. The van der Waals surface area contributed by atoms with Crippen molar-refractivity contribution in [2.75, 3.05) is 25.1 Å². The molecule has 1 unspecified atom stereocenters. The third kappa shape index (κ3) is 3.68. The molecule has 1 aliphatic rings. The van der Waals surface area contributed by atoms with Crippen molar-refractivity contribution >= 4 is 11.6 Å². The van der Waals surface area contributed by atoms with E-state index in [1.54, 1.807) is 0 Å². The van der Waals surface area contributed by atoms with Crippen LogP contribution in [0.15, 0.2) is 29.3 Å². The minimum atomic E-state index is -0.747. The molecule has 104 valence electrons. The van der Waals surface area contributed by atoms with Gasteiger partial charge in [-0.2, -0.15) is 0 Å². The van der Waals surface area contributed by atoms with Crippen LogP contribution in [0.5, 0.6) is 0 Å². The SMILES string of the molecule is CC1(C)COC(c2ccc(NCC(O)CO)cc2)=N1. The molecule has 0 aliphatic carbocycles. The number of rotatable bonds is 5. The third-order valence-corrected chi connectivity index (χ3v) is 2.85. The van der Waals surface area contributed by atoms with E-state index in [1.807, 2.05) is 38.1 Å². The first-order valence-corrected chi connectivity index (χ1v) is 6.36. The third-order valence-electron chi connectivity index (χ3n) is 2.85. The zero-order valence-corrected chi connectivity index (χ0v) is 11.3. The van der Waals surface area contributed by atoms with Gasteiger partial charge in [-0.1, -0.05) is 0 Å². The van der Waals surface area contributed by atoms with Crippen LogP contribution in [0.25, 0.3) is 0 Å². The van der Waals surface area contributed by atoms with Gasteiger partial charge in [0.05, 0.1) is 18.2 Å². The Kier molecular flexibility index (Phi) is 4.07. The lowest BCUT2D eigenvalue weighted by Gasteiger charge is -2.10. The van der Waals surface area contributed by atoms with Crippen molar-refractivity contribution in [1.29, 1.82) is 0 Å². The van der Waals surface area contributed by atoms with Gasteiger partial charge in [0.2, 0.25) is 5.90 Å². The van der Waals surface area contributed by atoms with E-state index < -0.39 is 6.10 Å². The Morgan fingerprint density at radius 2 is 2.05 bits per heavy atom. The molecule has 1 aromatic rings. The monoisotopic (exact) mass is 264 g/mol. The van der Waals surface area contributed by atoms with Crippen LogP contribution < -0.4 is 5.32 Å². The zero-order chi connectivity index (χ0) is 13.9. The summed E-state index contributed by atoms with van der Waals surface area (Å²) >= 11 is 0. The van der Waals surface area contributed by atoms with E-state index in [0.29, 0.717) is 19.0 Å². The van der Waals surface area contributed by atoms with Gasteiger partial charge >= 0.3 is 0 Å². The number of aliphatic hydroxyl groups excluding tert-OH is 2. The van der Waals surface area contributed by atoms with Gasteiger partial charge < -0.3 is 20.3 Å². The van der Waals surface area contributed by atoms with Crippen LogP contribution in [0.4, 0.5) is 5.69 Å². The van der Waals surface area contributed by atoms with E-state index in [4.69, 9.17) is 9.84 Å². The van der Waals surface area contributed by atoms with Gasteiger partial charge in [-0.05, 0) is 38.1 Å². The second kappa shape index (κ2) is 5.59. The maximum Gasteiger partial charge on any atom is 0.216 e. The summed E-state index contributed by atoms with van der Waals surface area (Å²) in [6.45, 7) is 4.74. The molecule has 0 saturated carbocycles. The van der Waals surface area contributed by atoms with E-state index >= 15 is 0 Å². The second-order valence-corrected chi connectivity index (χ2v) is 5.31. The standard InChI is InChI=1S/C14H20N2O3/c1-14(2)9-19-13(16-14)10-3-5-11(6-4-10)15-7-12(18)8-17/h3-6,12,15,17-18H,7-9H2,1-2H3. The summed E-state index contributed by atoms with van der Waals surface area (Å²) in [6, 6.07) is 7.65. The second-order valence-electron chi connectivity index (χ2n) is 5.31. The molecule has 19 heavy (non-hydrogen) atoms. The number of nitrogens with zero attached hydrogens (tertiary/aromatic N) is 1. The van der Waals surface area contributed by atoms with E-state index in [1.165, 1.54) is 0 Å². The first-order valence-electron chi connectivity index (χ1n) is 6.36. The first-order chi connectivity index (χ1) is 9.00. The highest BCUT2D eigenvalue weighted by atomic mass is 16.5. The molecular formula is C14H20N2O3. The van der Waals surface area contributed by atoms with Crippen LogP contribution in [-0.2, 0) is 4.74 Å². The Labute approximate surface area is 112 Å². The molecule has 0 radical (unpaired) electrons. The molecule has 5 nitrogen and oxygen atoms in total. The normalized spacial score (nSPS) is 18.6. The number of hydrogen-bond donors (Lipinski definition) is 3. The number of ether oxygens (including phenoxy) is 1. The van der Waals surface area contributed by atoms with Crippen molar-refractivity contribution in [1.82, 2.24) is 0 Å². The van der Waals surface area contributed by atoms with Gasteiger partial charge in [-0.3, -0.25) is 0 Å². The van der Waals surface area contributed by atoms with Crippen molar-refractivity contribution in [3.8, 4) is 0 Å². The molecule has 2 rings (SSSR count). The van der Waals surface area contributed by atoms with E-state index in [-0.39, 0.29) is 12.1 Å². The lowest BCUT2D eigenvalue weighted by Crippen LogP contribution is -2.22. The largest absolute Gasteiger partial charge is 0.475 e.